The van der Waals surface area contributed by atoms with Gasteiger partial charge in [0.25, 0.3) is 0 Å². The summed E-state index contributed by atoms with van der Waals surface area (Å²) in [7, 11) is 0. The maximum atomic E-state index is 12.7. The van der Waals surface area contributed by atoms with Crippen LogP contribution in [0.1, 0.15) is 76.4 Å². The molecule has 1 aliphatic rings. The molecule has 0 spiro atoms. The fraction of sp³-hybridized carbons (Fsp3) is 0.520. The molecule has 1 aromatic carbocycles. The van der Waals surface area contributed by atoms with E-state index in [0.29, 0.717) is 24.3 Å². The summed E-state index contributed by atoms with van der Waals surface area (Å²) in [6.07, 6.45) is 3.08. The number of carbonyl (C=O) groups excluding carboxylic acids is 3. The smallest absolute Gasteiger partial charge is 0.435 e. The molecule has 33 heavy (non-hydrogen) atoms. The lowest BCUT2D eigenvalue weighted by Gasteiger charge is -2.33. The van der Waals surface area contributed by atoms with Crippen molar-refractivity contribution in [2.45, 2.75) is 71.5 Å². The molecule has 8 heteroatoms. The highest BCUT2D eigenvalue weighted by Crippen LogP contribution is 2.34. The number of benzene rings is 1. The third-order valence-corrected chi connectivity index (χ3v) is 5.12. The van der Waals surface area contributed by atoms with Crippen molar-refractivity contribution in [3.63, 3.8) is 0 Å². The van der Waals surface area contributed by atoms with E-state index in [4.69, 9.17) is 9.47 Å². The Morgan fingerprint density at radius 2 is 1.73 bits per heavy atom. The minimum absolute atomic E-state index is 0.0927. The molecule has 1 aromatic heterocycles. The Morgan fingerprint density at radius 1 is 1.06 bits per heavy atom. The Bertz CT molecular complexity index is 1030. The average molecular weight is 456 g/mol. The molecule has 0 N–H and O–H groups in total. The molecule has 8 nitrogen and oxygen atoms in total. The molecular weight excluding hydrogens is 422 g/mol. The Balaban J connectivity index is 1.97. The van der Waals surface area contributed by atoms with E-state index in [0.717, 1.165) is 30.3 Å². The van der Waals surface area contributed by atoms with E-state index >= 15 is 0 Å². The second-order valence-electron chi connectivity index (χ2n) is 10.4. The lowest BCUT2D eigenvalue weighted by atomic mass is 9.90. The largest absolute Gasteiger partial charge is 0.444 e. The normalized spacial score (nSPS) is 16.9. The van der Waals surface area contributed by atoms with Crippen LogP contribution in [-0.4, -0.2) is 57.4 Å². The molecule has 1 saturated heterocycles. The molecular formula is C25H33N3O5. The summed E-state index contributed by atoms with van der Waals surface area (Å²) >= 11 is 0. The molecule has 0 unspecified atom stereocenters. The van der Waals surface area contributed by atoms with Crippen LogP contribution in [0.2, 0.25) is 0 Å². The minimum Gasteiger partial charge on any atom is -0.444 e. The first-order chi connectivity index (χ1) is 15.4. The molecule has 178 valence electrons. The maximum Gasteiger partial charge on any atom is 0.435 e. The van der Waals surface area contributed by atoms with Gasteiger partial charge in [-0.2, -0.15) is 9.78 Å². The number of likely N-dealkylation sites (tertiary alicyclic amines) is 1. The number of hydrogen-bond acceptors (Lipinski definition) is 6. The molecule has 1 fully saturated rings. The van der Waals surface area contributed by atoms with Crippen molar-refractivity contribution in [2.24, 2.45) is 0 Å². The second-order valence-corrected chi connectivity index (χ2v) is 10.4. The van der Waals surface area contributed by atoms with Gasteiger partial charge in [0.2, 0.25) is 0 Å². The lowest BCUT2D eigenvalue weighted by Crippen LogP contribution is -2.42. The molecule has 2 aromatic rings. The van der Waals surface area contributed by atoms with Crippen LogP contribution in [0.15, 0.2) is 30.5 Å². The van der Waals surface area contributed by atoms with Gasteiger partial charge in [-0.3, -0.25) is 4.79 Å². The summed E-state index contributed by atoms with van der Waals surface area (Å²) in [6, 6.07) is 7.16. The molecule has 2 heterocycles. The van der Waals surface area contributed by atoms with Gasteiger partial charge in [0.15, 0.2) is 0 Å². The number of carbonyl (C=O) groups is 3. The van der Waals surface area contributed by atoms with Gasteiger partial charge in [0.1, 0.15) is 17.5 Å². The van der Waals surface area contributed by atoms with Crippen molar-refractivity contribution < 1.29 is 23.9 Å². The molecule has 0 radical (unpaired) electrons. The predicted octanol–water partition coefficient (Wildman–Crippen LogP) is 5.26. The van der Waals surface area contributed by atoms with Gasteiger partial charge in [-0.05, 0) is 66.0 Å². The van der Waals surface area contributed by atoms with Gasteiger partial charge in [0, 0.05) is 36.3 Å². The van der Waals surface area contributed by atoms with Gasteiger partial charge in [0.05, 0.1) is 5.69 Å². The van der Waals surface area contributed by atoms with E-state index in [-0.39, 0.29) is 12.0 Å². The Morgan fingerprint density at radius 3 is 2.36 bits per heavy atom. The summed E-state index contributed by atoms with van der Waals surface area (Å²) in [6.45, 7) is 11.9. The van der Waals surface area contributed by atoms with Crippen molar-refractivity contribution >= 4 is 18.5 Å². The molecule has 0 aliphatic carbocycles. The lowest BCUT2D eigenvalue weighted by molar-refractivity contribution is 0.0195. The highest BCUT2D eigenvalue weighted by atomic mass is 16.6. The number of ether oxygens (including phenoxy) is 2. The zero-order valence-corrected chi connectivity index (χ0v) is 20.3. The van der Waals surface area contributed by atoms with Crippen LogP contribution in [0.3, 0.4) is 0 Å². The first-order valence-corrected chi connectivity index (χ1v) is 11.2. The van der Waals surface area contributed by atoms with E-state index in [1.54, 1.807) is 50.1 Å². The van der Waals surface area contributed by atoms with Crippen LogP contribution in [-0.2, 0) is 9.47 Å². The molecule has 0 saturated carbocycles. The third-order valence-electron chi connectivity index (χ3n) is 5.12. The van der Waals surface area contributed by atoms with Crippen molar-refractivity contribution in [2.75, 3.05) is 13.1 Å². The first-order valence-electron chi connectivity index (χ1n) is 11.2. The quantitative estimate of drug-likeness (QED) is 0.586. The van der Waals surface area contributed by atoms with Gasteiger partial charge in [-0.25, -0.2) is 9.59 Å². The number of hydrogen-bond donors (Lipinski definition) is 0. The number of aromatic nitrogens is 2. The minimum atomic E-state index is -0.668. The summed E-state index contributed by atoms with van der Waals surface area (Å²) < 4.78 is 12.3. The van der Waals surface area contributed by atoms with Crippen molar-refractivity contribution in [3.8, 4) is 11.1 Å². The van der Waals surface area contributed by atoms with Crippen LogP contribution in [0.4, 0.5) is 9.59 Å². The number of rotatable bonds is 3. The second kappa shape index (κ2) is 9.37. The number of amides is 1. The van der Waals surface area contributed by atoms with Crippen LogP contribution in [0.25, 0.3) is 11.1 Å². The van der Waals surface area contributed by atoms with Crippen molar-refractivity contribution in [3.05, 3.63) is 41.7 Å². The van der Waals surface area contributed by atoms with Crippen LogP contribution in [0.5, 0.6) is 0 Å². The standard InChI is InChI=1S/C25H33N3O5/c1-24(2,3)32-22(30)27-12-8-11-19(14-27)21-20(18-10-7-9-17(13-18)16-29)15-28(26-21)23(31)33-25(4,5)6/h7,9-10,13,15-16,19H,8,11-12,14H2,1-6H3/t19-/m0/s1. The molecule has 3 rings (SSSR count). The van der Waals surface area contributed by atoms with Crippen LogP contribution >= 0.6 is 0 Å². The summed E-state index contributed by atoms with van der Waals surface area (Å²) in [5, 5.41) is 4.59. The summed E-state index contributed by atoms with van der Waals surface area (Å²) in [5.74, 6) is -0.0927. The zero-order chi connectivity index (χ0) is 24.4. The SMILES string of the molecule is CC(C)(C)OC(=O)N1CCC[C@H](c2nn(C(=O)OC(C)(C)C)cc2-c2cccc(C=O)c2)C1. The van der Waals surface area contributed by atoms with Gasteiger partial charge in [-0.15, -0.1) is 0 Å². The first kappa shape index (κ1) is 24.5. The number of nitrogens with zero attached hydrogens (tertiary/aromatic N) is 3. The van der Waals surface area contributed by atoms with Crippen LogP contribution in [0, 0.1) is 0 Å². The Labute approximate surface area is 194 Å². The predicted molar refractivity (Wildman–Crippen MR) is 124 cm³/mol. The Kier molecular flexibility index (Phi) is 6.95. The van der Waals surface area contributed by atoms with E-state index in [1.165, 1.54) is 4.68 Å². The van der Waals surface area contributed by atoms with E-state index < -0.39 is 17.3 Å². The molecule has 1 aliphatic heterocycles. The van der Waals surface area contributed by atoms with E-state index in [2.05, 4.69) is 5.10 Å². The molecule has 1 atom stereocenters. The zero-order valence-electron chi connectivity index (χ0n) is 20.3. The highest BCUT2D eigenvalue weighted by molar-refractivity contribution is 5.80. The van der Waals surface area contributed by atoms with Gasteiger partial charge >= 0.3 is 12.2 Å². The van der Waals surface area contributed by atoms with Crippen molar-refractivity contribution in [1.29, 1.82) is 0 Å². The van der Waals surface area contributed by atoms with Gasteiger partial charge < -0.3 is 14.4 Å². The topological polar surface area (TPSA) is 90.7 Å². The van der Waals surface area contributed by atoms with E-state index in [9.17, 15) is 14.4 Å². The molecule has 1 amide bonds. The van der Waals surface area contributed by atoms with Crippen LogP contribution < -0.4 is 0 Å². The fourth-order valence-corrected chi connectivity index (χ4v) is 3.79. The maximum absolute atomic E-state index is 12.7. The number of piperidine rings is 1. The summed E-state index contributed by atoms with van der Waals surface area (Å²) in [5.41, 5.74) is 1.49. The molecule has 0 bridgehead atoms. The monoisotopic (exact) mass is 455 g/mol. The Hall–Kier alpha value is -3.16. The van der Waals surface area contributed by atoms with E-state index in [1.807, 2.05) is 26.8 Å². The van der Waals surface area contributed by atoms with Crippen molar-refractivity contribution in [1.82, 2.24) is 14.7 Å². The number of aldehydes is 1. The summed E-state index contributed by atoms with van der Waals surface area (Å²) in [4.78, 5) is 38.4. The fourth-order valence-electron chi connectivity index (χ4n) is 3.79. The highest BCUT2D eigenvalue weighted by Gasteiger charge is 2.32. The van der Waals surface area contributed by atoms with Gasteiger partial charge in [-0.1, -0.05) is 18.2 Å². The average Bonchev–Trinajstić information content (AvgIpc) is 3.17. The third kappa shape index (κ3) is 6.43.